The zero-order valence-corrected chi connectivity index (χ0v) is 21.3. The van der Waals surface area contributed by atoms with Gasteiger partial charge in [-0.1, -0.05) is 42.4 Å². The minimum absolute atomic E-state index is 0.0797. The number of aromatic nitrogens is 2. The summed E-state index contributed by atoms with van der Waals surface area (Å²) < 4.78 is 9.42. The van der Waals surface area contributed by atoms with Gasteiger partial charge >= 0.3 is 0 Å². The van der Waals surface area contributed by atoms with Gasteiger partial charge < -0.3 is 4.74 Å². The number of ether oxygens (including phenoxy) is 1. The molecule has 0 radical (unpaired) electrons. The van der Waals surface area contributed by atoms with Gasteiger partial charge in [0.05, 0.1) is 26.1 Å². The number of hydrogen-bond acceptors (Lipinski definition) is 4. The van der Waals surface area contributed by atoms with Crippen molar-refractivity contribution in [3.8, 4) is 5.75 Å². The van der Waals surface area contributed by atoms with Gasteiger partial charge in [-0.3, -0.25) is 4.79 Å². The first-order valence-corrected chi connectivity index (χ1v) is 11.7. The Bertz CT molecular complexity index is 1170. The molecule has 0 spiro atoms. The maximum Gasteiger partial charge on any atom is 0.282 e. The highest BCUT2D eigenvalue weighted by Crippen LogP contribution is 2.34. The average Bonchev–Trinajstić information content (AvgIpc) is 2.72. The Morgan fingerprint density at radius 3 is 2.57 bits per heavy atom. The van der Waals surface area contributed by atoms with Crippen molar-refractivity contribution in [3.05, 3.63) is 78.1 Å². The van der Waals surface area contributed by atoms with E-state index < -0.39 is 0 Å². The molecule has 0 fully saturated rings. The molecule has 2 aromatic carbocycles. The van der Waals surface area contributed by atoms with Crippen LogP contribution in [0.1, 0.15) is 37.6 Å². The van der Waals surface area contributed by atoms with E-state index in [9.17, 15) is 4.79 Å². The summed E-state index contributed by atoms with van der Waals surface area (Å²) in [6.07, 6.45) is 4.17. The first-order chi connectivity index (χ1) is 14.3. The molecule has 0 aliphatic heterocycles. The Morgan fingerprint density at radius 2 is 1.93 bits per heavy atom. The van der Waals surface area contributed by atoms with Gasteiger partial charge in [0.25, 0.3) is 5.56 Å². The molecule has 8 heteroatoms. The van der Waals surface area contributed by atoms with Gasteiger partial charge in [0.2, 0.25) is 0 Å². The number of benzene rings is 2. The summed E-state index contributed by atoms with van der Waals surface area (Å²) in [6.45, 7) is 8.16. The molecule has 0 aliphatic rings. The van der Waals surface area contributed by atoms with E-state index in [2.05, 4.69) is 66.4 Å². The summed E-state index contributed by atoms with van der Waals surface area (Å²) in [5, 5.41) is 5.02. The highest BCUT2D eigenvalue weighted by Gasteiger charge is 2.16. The lowest BCUT2D eigenvalue weighted by atomic mass is 10.1. The molecule has 0 amide bonds. The van der Waals surface area contributed by atoms with E-state index in [1.165, 1.54) is 4.68 Å². The lowest BCUT2D eigenvalue weighted by Gasteiger charge is -2.14. The van der Waals surface area contributed by atoms with Crippen molar-refractivity contribution >= 4 is 64.9 Å². The lowest BCUT2D eigenvalue weighted by Crippen LogP contribution is -2.23. The Morgan fingerprint density at radius 1 is 1.23 bits per heavy atom. The van der Waals surface area contributed by atoms with E-state index in [1.807, 2.05) is 31.2 Å². The molecule has 1 aromatic heterocycles. The third-order valence-corrected chi connectivity index (χ3v) is 6.25. The SMILES string of the molecule is C=CCOc1c(Br)cc(C=Nn2c([C@H](C)CC)nc3ccc(Br)cc3c2=O)cc1Br. The summed E-state index contributed by atoms with van der Waals surface area (Å²) in [5.74, 6) is 1.40. The van der Waals surface area contributed by atoms with E-state index in [0.29, 0.717) is 29.1 Å². The van der Waals surface area contributed by atoms with E-state index >= 15 is 0 Å². The molecule has 0 unspecified atom stereocenters. The zero-order chi connectivity index (χ0) is 21.8. The molecule has 3 aromatic rings. The van der Waals surface area contributed by atoms with Crippen molar-refractivity contribution in [2.45, 2.75) is 26.2 Å². The summed E-state index contributed by atoms with van der Waals surface area (Å²) in [7, 11) is 0. The van der Waals surface area contributed by atoms with Crippen LogP contribution in [0, 0.1) is 0 Å². The monoisotopic (exact) mass is 595 g/mol. The largest absolute Gasteiger partial charge is 0.487 e. The first-order valence-electron chi connectivity index (χ1n) is 9.35. The predicted molar refractivity (Wildman–Crippen MR) is 133 cm³/mol. The fourth-order valence-electron chi connectivity index (χ4n) is 2.84. The normalized spacial score (nSPS) is 12.4. The highest BCUT2D eigenvalue weighted by molar-refractivity contribution is 9.11. The molecule has 156 valence electrons. The standard InChI is InChI=1S/C22H20Br3N3O2/c1-4-8-30-20-17(24)9-14(10-18(20)25)12-26-28-21(13(3)5-2)27-19-7-6-15(23)11-16(19)22(28)29/h4,6-7,9-13H,1,5,8H2,2-3H3/t13-/m1/s1. The van der Waals surface area contributed by atoms with Gasteiger partial charge in [-0.2, -0.15) is 9.78 Å². The van der Waals surface area contributed by atoms with Crippen molar-refractivity contribution < 1.29 is 4.74 Å². The minimum Gasteiger partial charge on any atom is -0.487 e. The van der Waals surface area contributed by atoms with Crippen LogP contribution in [-0.2, 0) is 0 Å². The van der Waals surface area contributed by atoms with Crippen LogP contribution in [0.3, 0.4) is 0 Å². The van der Waals surface area contributed by atoms with Gasteiger partial charge in [-0.25, -0.2) is 4.98 Å². The molecule has 30 heavy (non-hydrogen) atoms. The molecular weight excluding hydrogens is 578 g/mol. The average molecular weight is 598 g/mol. The predicted octanol–water partition coefficient (Wildman–Crippen LogP) is 6.64. The molecule has 1 atom stereocenters. The van der Waals surface area contributed by atoms with Crippen LogP contribution in [0.15, 0.2) is 66.3 Å². The maximum absolute atomic E-state index is 13.2. The van der Waals surface area contributed by atoms with Gasteiger partial charge in [-0.15, -0.1) is 0 Å². The van der Waals surface area contributed by atoms with Crippen molar-refractivity contribution in [2.75, 3.05) is 6.61 Å². The molecule has 5 nitrogen and oxygen atoms in total. The molecule has 0 N–H and O–H groups in total. The smallest absolute Gasteiger partial charge is 0.282 e. The Balaban J connectivity index is 2.10. The summed E-state index contributed by atoms with van der Waals surface area (Å²) >= 11 is 10.5. The Labute approximate surface area is 200 Å². The molecule has 0 bridgehead atoms. The van der Waals surface area contributed by atoms with E-state index in [4.69, 9.17) is 9.72 Å². The van der Waals surface area contributed by atoms with Crippen LogP contribution in [-0.4, -0.2) is 22.5 Å². The summed E-state index contributed by atoms with van der Waals surface area (Å²) in [5.41, 5.74) is 1.27. The fourth-order valence-corrected chi connectivity index (χ4v) is 4.65. The van der Waals surface area contributed by atoms with Gasteiger partial charge in [0.1, 0.15) is 18.2 Å². The number of fused-ring (bicyclic) bond motifs is 1. The second-order valence-corrected chi connectivity index (χ2v) is 9.34. The van der Waals surface area contributed by atoms with Crippen LogP contribution in [0.5, 0.6) is 5.75 Å². The number of rotatable bonds is 7. The molecule has 3 rings (SSSR count). The third kappa shape index (κ3) is 4.92. The number of hydrogen-bond donors (Lipinski definition) is 0. The Hall–Kier alpha value is -1.77. The van der Waals surface area contributed by atoms with Crippen molar-refractivity contribution in [2.24, 2.45) is 5.10 Å². The summed E-state index contributed by atoms with van der Waals surface area (Å²) in [4.78, 5) is 17.9. The first kappa shape index (κ1) is 22.9. The zero-order valence-electron chi connectivity index (χ0n) is 16.5. The van der Waals surface area contributed by atoms with Crippen LogP contribution in [0.2, 0.25) is 0 Å². The quantitative estimate of drug-likeness (QED) is 0.226. The topological polar surface area (TPSA) is 56.5 Å². The Kier molecular flexibility index (Phi) is 7.65. The van der Waals surface area contributed by atoms with E-state index in [1.54, 1.807) is 18.4 Å². The van der Waals surface area contributed by atoms with Crippen molar-refractivity contribution in [1.82, 2.24) is 9.66 Å². The second-order valence-electron chi connectivity index (χ2n) is 6.72. The van der Waals surface area contributed by atoms with Crippen LogP contribution in [0.4, 0.5) is 0 Å². The number of nitrogens with zero attached hydrogens (tertiary/aromatic N) is 3. The van der Waals surface area contributed by atoms with Gasteiger partial charge in [0.15, 0.2) is 0 Å². The highest BCUT2D eigenvalue weighted by atomic mass is 79.9. The molecular formula is C22H20Br3N3O2. The maximum atomic E-state index is 13.2. The summed E-state index contributed by atoms with van der Waals surface area (Å²) in [6, 6.07) is 9.26. The second kappa shape index (κ2) is 10.0. The van der Waals surface area contributed by atoms with E-state index in [0.717, 1.165) is 25.4 Å². The molecule has 0 saturated carbocycles. The molecule has 0 aliphatic carbocycles. The van der Waals surface area contributed by atoms with Crippen LogP contribution in [0.25, 0.3) is 10.9 Å². The van der Waals surface area contributed by atoms with Crippen molar-refractivity contribution in [1.29, 1.82) is 0 Å². The van der Waals surface area contributed by atoms with Crippen molar-refractivity contribution in [3.63, 3.8) is 0 Å². The fraction of sp³-hybridized carbons (Fsp3) is 0.227. The van der Waals surface area contributed by atoms with E-state index in [-0.39, 0.29) is 11.5 Å². The van der Waals surface area contributed by atoms with Gasteiger partial charge in [-0.05, 0) is 74.2 Å². The lowest BCUT2D eigenvalue weighted by molar-refractivity contribution is 0.358. The van der Waals surface area contributed by atoms with Gasteiger partial charge in [0, 0.05) is 10.4 Å². The minimum atomic E-state index is -0.197. The molecule has 0 saturated heterocycles. The number of halogens is 3. The molecule has 1 heterocycles. The van der Waals surface area contributed by atoms with Crippen LogP contribution >= 0.6 is 47.8 Å². The third-order valence-electron chi connectivity index (χ3n) is 4.57. The van der Waals surface area contributed by atoms with Crippen LogP contribution < -0.4 is 10.3 Å².